The molecule has 0 saturated carbocycles. The fraction of sp³-hybridized carbons (Fsp3) is 0.190. The molecule has 0 aliphatic carbocycles. The number of ether oxygens (including phenoxy) is 3. The number of carboxylic acid groups (broad SMARTS) is 1. The number of methoxy groups -OCH3 is 2. The topological polar surface area (TPSA) is 130 Å². The molecule has 30 heavy (non-hydrogen) atoms. The highest BCUT2D eigenvalue weighted by Crippen LogP contribution is 2.37. The van der Waals surface area contributed by atoms with Crippen molar-refractivity contribution < 1.29 is 33.7 Å². The van der Waals surface area contributed by atoms with Crippen molar-refractivity contribution >= 4 is 28.9 Å². The summed E-state index contributed by atoms with van der Waals surface area (Å²) in [6, 6.07) is 7.57. The van der Waals surface area contributed by atoms with Crippen LogP contribution in [0, 0.1) is 6.92 Å². The summed E-state index contributed by atoms with van der Waals surface area (Å²) >= 11 is 0. The number of pyridine rings is 1. The Morgan fingerprint density at radius 2 is 1.90 bits per heavy atom. The predicted molar refractivity (Wildman–Crippen MR) is 107 cm³/mol. The minimum Gasteiger partial charge on any atom is -0.494 e. The molecular formula is C21H20N2O7. The third kappa shape index (κ3) is 3.52. The van der Waals surface area contributed by atoms with Crippen molar-refractivity contribution in [2.75, 3.05) is 26.6 Å². The van der Waals surface area contributed by atoms with Gasteiger partial charge in [0.1, 0.15) is 17.0 Å². The van der Waals surface area contributed by atoms with Gasteiger partial charge in [0.25, 0.3) is 0 Å². The zero-order chi connectivity index (χ0) is 22.0. The van der Waals surface area contributed by atoms with Gasteiger partial charge >= 0.3 is 11.9 Å². The van der Waals surface area contributed by atoms with Crippen LogP contribution in [0.1, 0.15) is 32.0 Å². The lowest BCUT2D eigenvalue weighted by Gasteiger charge is -2.09. The van der Waals surface area contributed by atoms with E-state index in [2.05, 4.69) is 0 Å². The second-order valence-electron chi connectivity index (χ2n) is 6.40. The van der Waals surface area contributed by atoms with E-state index in [1.807, 2.05) is 0 Å². The number of esters is 1. The van der Waals surface area contributed by atoms with Crippen LogP contribution in [0.15, 0.2) is 36.5 Å². The Labute approximate surface area is 171 Å². The van der Waals surface area contributed by atoms with Gasteiger partial charge < -0.3 is 29.5 Å². The van der Waals surface area contributed by atoms with Crippen LogP contribution < -0.4 is 15.2 Å². The van der Waals surface area contributed by atoms with Gasteiger partial charge in [-0.2, -0.15) is 0 Å². The van der Waals surface area contributed by atoms with Crippen LogP contribution in [0.25, 0.3) is 5.52 Å². The average molecular weight is 412 g/mol. The molecule has 2 aromatic heterocycles. The standard InChI is InChI=1S/C21H20N2O7/c1-11-17(19(26)12-6-7-14(22)13(9-12)21(27)29-3)23-8-4-5-15(30-10-16(24)25)18(23)20(11)28-2/h4-9H,10,22H2,1-3H3,(H,24,25). The Bertz CT molecular complexity index is 1160. The van der Waals surface area contributed by atoms with E-state index in [1.54, 1.807) is 29.7 Å². The fourth-order valence-electron chi connectivity index (χ4n) is 3.27. The van der Waals surface area contributed by atoms with Gasteiger partial charge in [-0.05, 0) is 37.3 Å². The van der Waals surface area contributed by atoms with Crippen molar-refractivity contribution in [2.45, 2.75) is 6.92 Å². The zero-order valence-electron chi connectivity index (χ0n) is 16.6. The molecule has 156 valence electrons. The van der Waals surface area contributed by atoms with Crippen LogP contribution in [-0.4, -0.2) is 48.1 Å². The smallest absolute Gasteiger partial charge is 0.341 e. The minimum atomic E-state index is -1.13. The highest BCUT2D eigenvalue weighted by Gasteiger charge is 2.26. The summed E-state index contributed by atoms with van der Waals surface area (Å²) in [5.41, 5.74) is 7.56. The normalized spacial score (nSPS) is 10.6. The molecule has 0 saturated heterocycles. The maximum absolute atomic E-state index is 13.4. The van der Waals surface area contributed by atoms with Crippen LogP contribution in [0.3, 0.4) is 0 Å². The molecule has 9 heteroatoms. The van der Waals surface area contributed by atoms with Crippen molar-refractivity contribution in [3.8, 4) is 11.5 Å². The number of fused-ring (bicyclic) bond motifs is 1. The Kier molecular flexibility index (Phi) is 5.63. The number of hydrogen-bond donors (Lipinski definition) is 2. The number of carbonyl (C=O) groups excluding carboxylic acids is 2. The van der Waals surface area contributed by atoms with Crippen LogP contribution >= 0.6 is 0 Å². The molecule has 3 N–H and O–H groups in total. The quantitative estimate of drug-likeness (QED) is 0.344. The van der Waals surface area contributed by atoms with Gasteiger partial charge in [0, 0.05) is 23.0 Å². The van der Waals surface area contributed by atoms with Gasteiger partial charge in [-0.15, -0.1) is 0 Å². The number of aromatic nitrogens is 1. The van der Waals surface area contributed by atoms with E-state index in [4.69, 9.17) is 25.1 Å². The first-order valence-corrected chi connectivity index (χ1v) is 8.84. The lowest BCUT2D eigenvalue weighted by Crippen LogP contribution is -2.12. The second kappa shape index (κ2) is 8.16. The predicted octanol–water partition coefficient (Wildman–Crippen LogP) is 2.32. The van der Waals surface area contributed by atoms with E-state index in [9.17, 15) is 14.4 Å². The van der Waals surface area contributed by atoms with Crippen molar-refractivity contribution in [3.63, 3.8) is 0 Å². The van der Waals surface area contributed by atoms with E-state index in [-0.39, 0.29) is 34.0 Å². The van der Waals surface area contributed by atoms with Gasteiger partial charge in [-0.3, -0.25) is 4.79 Å². The van der Waals surface area contributed by atoms with Gasteiger partial charge in [0.2, 0.25) is 5.78 Å². The van der Waals surface area contributed by atoms with Gasteiger partial charge in [0.15, 0.2) is 12.4 Å². The first-order valence-electron chi connectivity index (χ1n) is 8.84. The number of rotatable bonds is 7. The van der Waals surface area contributed by atoms with Gasteiger partial charge in [-0.1, -0.05) is 0 Å². The van der Waals surface area contributed by atoms with E-state index in [0.29, 0.717) is 16.8 Å². The SMILES string of the molecule is COC(=O)c1cc(C(=O)c2c(C)c(OC)c3c(OCC(=O)O)cccn23)ccc1N. The lowest BCUT2D eigenvalue weighted by atomic mass is 10.0. The van der Waals surface area contributed by atoms with E-state index in [1.165, 1.54) is 32.4 Å². The molecule has 0 aliphatic heterocycles. The largest absolute Gasteiger partial charge is 0.494 e. The van der Waals surface area contributed by atoms with Gasteiger partial charge in [-0.25, -0.2) is 9.59 Å². The first kappa shape index (κ1) is 20.7. The number of aliphatic carboxylic acids is 1. The van der Waals surface area contributed by atoms with Crippen LogP contribution in [0.4, 0.5) is 5.69 Å². The van der Waals surface area contributed by atoms with Crippen LogP contribution in [0.5, 0.6) is 11.5 Å². The number of ketones is 1. The molecule has 0 spiro atoms. The van der Waals surface area contributed by atoms with Crippen LogP contribution in [-0.2, 0) is 9.53 Å². The monoisotopic (exact) mass is 412 g/mol. The van der Waals surface area contributed by atoms with Crippen molar-refractivity contribution in [1.29, 1.82) is 0 Å². The van der Waals surface area contributed by atoms with Crippen molar-refractivity contribution in [3.05, 3.63) is 58.9 Å². The molecular weight excluding hydrogens is 392 g/mol. The maximum Gasteiger partial charge on any atom is 0.341 e. The molecule has 9 nitrogen and oxygen atoms in total. The molecule has 3 aromatic rings. The zero-order valence-corrected chi connectivity index (χ0v) is 16.6. The third-order valence-corrected chi connectivity index (χ3v) is 4.60. The summed E-state index contributed by atoms with van der Waals surface area (Å²) in [6.45, 7) is 1.16. The Hall–Kier alpha value is -4.01. The summed E-state index contributed by atoms with van der Waals surface area (Å²) in [5.74, 6) is -1.53. The van der Waals surface area contributed by atoms with Crippen molar-refractivity contribution in [2.24, 2.45) is 0 Å². The average Bonchev–Trinajstić information content (AvgIpc) is 3.02. The van der Waals surface area contributed by atoms with E-state index >= 15 is 0 Å². The molecule has 2 heterocycles. The lowest BCUT2D eigenvalue weighted by molar-refractivity contribution is -0.139. The summed E-state index contributed by atoms with van der Waals surface area (Å²) < 4.78 is 17.1. The first-order chi connectivity index (χ1) is 14.3. The van der Waals surface area contributed by atoms with E-state index in [0.717, 1.165) is 0 Å². The molecule has 0 atom stereocenters. The molecule has 1 aromatic carbocycles. The number of carbonyl (C=O) groups is 3. The highest BCUT2D eigenvalue weighted by atomic mass is 16.5. The third-order valence-electron chi connectivity index (χ3n) is 4.60. The summed E-state index contributed by atoms with van der Waals surface area (Å²) in [5, 5.41) is 8.92. The number of hydrogen-bond acceptors (Lipinski definition) is 7. The number of benzene rings is 1. The Balaban J connectivity index is 2.18. The van der Waals surface area contributed by atoms with Crippen LogP contribution in [0.2, 0.25) is 0 Å². The number of nitrogens with two attached hydrogens (primary N) is 1. The second-order valence-corrected chi connectivity index (χ2v) is 6.40. The molecule has 3 rings (SSSR count). The molecule has 0 amide bonds. The number of anilines is 1. The van der Waals surface area contributed by atoms with E-state index < -0.39 is 18.5 Å². The molecule has 0 aliphatic rings. The summed E-state index contributed by atoms with van der Waals surface area (Å²) in [7, 11) is 2.67. The Morgan fingerprint density at radius 1 is 1.17 bits per heavy atom. The number of nitrogens with zero attached hydrogens (tertiary/aromatic N) is 1. The molecule has 0 bridgehead atoms. The molecule has 0 radical (unpaired) electrons. The summed E-state index contributed by atoms with van der Waals surface area (Å²) in [4.78, 5) is 36.2. The maximum atomic E-state index is 13.4. The van der Waals surface area contributed by atoms with Gasteiger partial charge in [0.05, 0.1) is 19.8 Å². The highest BCUT2D eigenvalue weighted by molar-refractivity contribution is 6.12. The number of nitrogen functional groups attached to an aromatic ring is 1. The fourth-order valence-corrected chi connectivity index (χ4v) is 3.27. The summed E-state index contributed by atoms with van der Waals surface area (Å²) in [6.07, 6.45) is 1.64. The molecule has 0 fully saturated rings. The Morgan fingerprint density at radius 3 is 2.53 bits per heavy atom. The minimum absolute atomic E-state index is 0.0827. The van der Waals surface area contributed by atoms with Crippen molar-refractivity contribution in [1.82, 2.24) is 4.40 Å². The molecule has 0 unspecified atom stereocenters. The number of carboxylic acids is 1.